The van der Waals surface area contributed by atoms with Gasteiger partial charge in [-0.3, -0.25) is 9.59 Å². The summed E-state index contributed by atoms with van der Waals surface area (Å²) in [6.45, 7) is 5.06. The van der Waals surface area contributed by atoms with E-state index in [1.165, 1.54) is 11.0 Å². The van der Waals surface area contributed by atoms with Crippen LogP contribution in [0, 0.1) is 17.5 Å². The first-order valence-electron chi connectivity index (χ1n) is 7.75. The summed E-state index contributed by atoms with van der Waals surface area (Å²) in [5.74, 6) is -5.89. The van der Waals surface area contributed by atoms with Crippen molar-refractivity contribution in [1.82, 2.24) is 4.90 Å². The van der Waals surface area contributed by atoms with Gasteiger partial charge in [-0.05, 0) is 13.1 Å². The number of ether oxygens (including phenoxy) is 1. The zero-order valence-electron chi connectivity index (χ0n) is 13.9. The first-order chi connectivity index (χ1) is 11.8. The number of Topliss-reactive ketones (excluding diaryl/α,β-unsaturated/α-hetero) is 1. The molecule has 2 rings (SSSR count). The van der Waals surface area contributed by atoms with Crippen molar-refractivity contribution >= 4 is 17.4 Å². The summed E-state index contributed by atoms with van der Waals surface area (Å²) in [5.41, 5.74) is -1.29. The van der Waals surface area contributed by atoms with E-state index in [0.717, 1.165) is 0 Å². The zero-order chi connectivity index (χ0) is 18.6. The zero-order valence-corrected chi connectivity index (χ0v) is 13.9. The molecule has 25 heavy (non-hydrogen) atoms. The highest BCUT2D eigenvalue weighted by Gasteiger charge is 2.28. The number of hydrogen-bond acceptors (Lipinski definition) is 5. The normalized spacial score (nSPS) is 15.1. The molecule has 136 valence electrons. The third-order valence-corrected chi connectivity index (χ3v) is 3.92. The Balaban J connectivity index is 2.23. The molecule has 0 amide bonds. The van der Waals surface area contributed by atoms with Gasteiger partial charge < -0.3 is 14.5 Å². The standard InChI is InChI=1S/C17H19F3N2O3/c1-3-8-25-14(24)10-13(23)11-9-12(18)17(16(20)15(11)19)22-6-4-21(2)5-7-22/h3,9H,1,4-8,10H2,2H3. The van der Waals surface area contributed by atoms with Gasteiger partial charge in [-0.25, -0.2) is 13.2 Å². The van der Waals surface area contributed by atoms with Gasteiger partial charge in [-0.2, -0.15) is 0 Å². The Morgan fingerprint density at radius 3 is 2.44 bits per heavy atom. The number of piperazine rings is 1. The van der Waals surface area contributed by atoms with Gasteiger partial charge in [0.15, 0.2) is 17.4 Å². The average molecular weight is 356 g/mol. The molecule has 0 radical (unpaired) electrons. The van der Waals surface area contributed by atoms with Gasteiger partial charge >= 0.3 is 5.97 Å². The van der Waals surface area contributed by atoms with E-state index in [1.54, 1.807) is 0 Å². The number of anilines is 1. The Bertz CT molecular complexity index is 686. The van der Waals surface area contributed by atoms with Gasteiger partial charge in [0, 0.05) is 26.2 Å². The van der Waals surface area contributed by atoms with Crippen LogP contribution in [-0.2, 0) is 9.53 Å². The van der Waals surface area contributed by atoms with E-state index < -0.39 is 46.9 Å². The number of halogens is 3. The van der Waals surface area contributed by atoms with Crippen molar-refractivity contribution in [2.75, 3.05) is 44.7 Å². The fraction of sp³-hybridized carbons (Fsp3) is 0.412. The second-order valence-electron chi connectivity index (χ2n) is 5.74. The topological polar surface area (TPSA) is 49.9 Å². The van der Waals surface area contributed by atoms with Crippen LogP contribution in [0.1, 0.15) is 16.8 Å². The third kappa shape index (κ3) is 4.39. The molecule has 1 aromatic rings. The van der Waals surface area contributed by atoms with Gasteiger partial charge in [-0.1, -0.05) is 12.7 Å². The fourth-order valence-electron chi connectivity index (χ4n) is 2.54. The molecule has 0 aromatic heterocycles. The minimum absolute atomic E-state index is 0.111. The number of hydrogen-bond donors (Lipinski definition) is 0. The minimum Gasteiger partial charge on any atom is -0.461 e. The van der Waals surface area contributed by atoms with Crippen molar-refractivity contribution in [2.24, 2.45) is 0 Å². The fourth-order valence-corrected chi connectivity index (χ4v) is 2.54. The van der Waals surface area contributed by atoms with Crippen LogP contribution in [0.3, 0.4) is 0 Å². The van der Waals surface area contributed by atoms with E-state index in [2.05, 4.69) is 11.3 Å². The molecular weight excluding hydrogens is 337 g/mol. The van der Waals surface area contributed by atoms with E-state index in [4.69, 9.17) is 0 Å². The molecule has 1 aromatic carbocycles. The molecule has 1 aliphatic heterocycles. The number of carbonyl (C=O) groups is 2. The maximum atomic E-state index is 14.4. The number of ketones is 1. The highest BCUT2D eigenvalue weighted by Crippen LogP contribution is 2.29. The quantitative estimate of drug-likeness (QED) is 0.257. The van der Waals surface area contributed by atoms with Crippen LogP contribution in [0.15, 0.2) is 18.7 Å². The SMILES string of the molecule is C=CCOC(=O)CC(=O)c1cc(F)c(N2CCN(C)CC2)c(F)c1F. The number of likely N-dealkylation sites (N-methyl/N-ethyl adjacent to an activating group) is 1. The van der Waals surface area contributed by atoms with Crippen LogP contribution in [-0.4, -0.2) is 56.5 Å². The van der Waals surface area contributed by atoms with Crippen LogP contribution in [0.25, 0.3) is 0 Å². The van der Waals surface area contributed by atoms with E-state index >= 15 is 0 Å². The van der Waals surface area contributed by atoms with Crippen LogP contribution in [0.4, 0.5) is 18.9 Å². The molecule has 1 aliphatic rings. The predicted molar refractivity (Wildman–Crippen MR) is 86.1 cm³/mol. The van der Waals surface area contributed by atoms with Crippen molar-refractivity contribution in [1.29, 1.82) is 0 Å². The van der Waals surface area contributed by atoms with E-state index in [-0.39, 0.29) is 6.61 Å². The summed E-state index contributed by atoms with van der Waals surface area (Å²) < 4.78 is 47.6. The molecule has 0 aliphatic carbocycles. The first-order valence-corrected chi connectivity index (χ1v) is 7.75. The lowest BCUT2D eigenvalue weighted by atomic mass is 10.1. The van der Waals surface area contributed by atoms with Gasteiger partial charge in [-0.15, -0.1) is 0 Å². The monoisotopic (exact) mass is 356 g/mol. The van der Waals surface area contributed by atoms with Gasteiger partial charge in [0.05, 0.1) is 5.56 Å². The molecule has 1 saturated heterocycles. The number of rotatable bonds is 6. The average Bonchev–Trinajstić information content (AvgIpc) is 2.58. The van der Waals surface area contributed by atoms with Crippen LogP contribution >= 0.6 is 0 Å². The highest BCUT2D eigenvalue weighted by molar-refractivity contribution is 6.06. The third-order valence-electron chi connectivity index (χ3n) is 3.92. The molecule has 0 atom stereocenters. The van der Waals surface area contributed by atoms with E-state index in [1.807, 2.05) is 11.9 Å². The minimum atomic E-state index is -1.46. The smallest absolute Gasteiger partial charge is 0.314 e. The van der Waals surface area contributed by atoms with E-state index in [0.29, 0.717) is 32.2 Å². The Hall–Kier alpha value is -2.35. The maximum Gasteiger partial charge on any atom is 0.314 e. The molecule has 0 unspecified atom stereocenters. The lowest BCUT2D eigenvalue weighted by molar-refractivity contribution is -0.141. The number of nitrogens with zero attached hydrogens (tertiary/aromatic N) is 2. The molecule has 0 saturated carbocycles. The van der Waals surface area contributed by atoms with Gasteiger partial charge in [0.2, 0.25) is 0 Å². The largest absolute Gasteiger partial charge is 0.461 e. The molecule has 5 nitrogen and oxygen atoms in total. The van der Waals surface area contributed by atoms with Gasteiger partial charge in [0.1, 0.15) is 24.5 Å². The van der Waals surface area contributed by atoms with Crippen molar-refractivity contribution in [3.8, 4) is 0 Å². The molecule has 0 N–H and O–H groups in total. The second kappa shape index (κ2) is 8.15. The van der Waals surface area contributed by atoms with Crippen molar-refractivity contribution in [3.05, 3.63) is 41.7 Å². The van der Waals surface area contributed by atoms with Crippen molar-refractivity contribution in [3.63, 3.8) is 0 Å². The molecule has 1 fully saturated rings. The molecule has 0 spiro atoms. The van der Waals surface area contributed by atoms with Crippen molar-refractivity contribution < 1.29 is 27.5 Å². The number of benzene rings is 1. The lowest BCUT2D eigenvalue weighted by Crippen LogP contribution is -2.45. The highest BCUT2D eigenvalue weighted by atomic mass is 19.2. The molecule has 0 bridgehead atoms. The Morgan fingerprint density at radius 1 is 1.20 bits per heavy atom. The van der Waals surface area contributed by atoms with Crippen LogP contribution < -0.4 is 4.90 Å². The van der Waals surface area contributed by atoms with Crippen LogP contribution in [0.5, 0.6) is 0 Å². The van der Waals surface area contributed by atoms with E-state index in [9.17, 15) is 22.8 Å². The predicted octanol–water partition coefficient (Wildman–Crippen LogP) is 2.16. The summed E-state index contributed by atoms with van der Waals surface area (Å²) in [5, 5.41) is 0. The summed E-state index contributed by atoms with van der Waals surface area (Å²) in [6.07, 6.45) is 0.491. The van der Waals surface area contributed by atoms with Crippen molar-refractivity contribution in [2.45, 2.75) is 6.42 Å². The summed E-state index contributed by atoms with van der Waals surface area (Å²) >= 11 is 0. The summed E-state index contributed by atoms with van der Waals surface area (Å²) in [7, 11) is 1.87. The lowest BCUT2D eigenvalue weighted by Gasteiger charge is -2.34. The summed E-state index contributed by atoms with van der Waals surface area (Å²) in [6, 6.07) is 0.634. The first kappa shape index (κ1) is 19.0. The molecular formula is C17H19F3N2O3. The maximum absolute atomic E-state index is 14.4. The van der Waals surface area contributed by atoms with Crippen LogP contribution in [0.2, 0.25) is 0 Å². The Morgan fingerprint density at radius 2 is 1.84 bits per heavy atom. The Labute approximate surface area is 143 Å². The molecule has 1 heterocycles. The Kier molecular flexibility index (Phi) is 6.19. The van der Waals surface area contributed by atoms with Gasteiger partial charge in [0.25, 0.3) is 0 Å². The molecule has 8 heteroatoms. The second-order valence-corrected chi connectivity index (χ2v) is 5.74. The number of esters is 1. The summed E-state index contributed by atoms with van der Waals surface area (Å²) in [4.78, 5) is 26.7. The number of carbonyl (C=O) groups excluding carboxylic acids is 2.